The first-order valence-electron chi connectivity index (χ1n) is 7.40. The van der Waals surface area contributed by atoms with Gasteiger partial charge in [-0.3, -0.25) is 0 Å². The molecule has 100 valence electrons. The third-order valence-electron chi connectivity index (χ3n) is 4.44. The van der Waals surface area contributed by atoms with Crippen molar-refractivity contribution in [2.45, 2.75) is 69.6 Å². The summed E-state index contributed by atoms with van der Waals surface area (Å²) in [4.78, 5) is 4.78. The number of hydrogen-bond acceptors (Lipinski definition) is 3. The van der Waals surface area contributed by atoms with E-state index in [2.05, 4.69) is 0 Å². The average Bonchev–Trinajstić information content (AvgIpc) is 3.10. The second-order valence-corrected chi connectivity index (χ2v) is 5.93. The molecule has 1 heterocycles. The number of nitrogen functional groups attached to an aromatic ring is 2. The summed E-state index contributed by atoms with van der Waals surface area (Å²) in [6.07, 6.45) is 11.6. The Labute approximate surface area is 109 Å². The molecule has 3 rings (SSSR count). The minimum atomic E-state index is 0.535. The molecule has 0 aliphatic heterocycles. The van der Waals surface area contributed by atoms with Crippen molar-refractivity contribution >= 4 is 5.82 Å². The summed E-state index contributed by atoms with van der Waals surface area (Å²) in [7, 11) is 0. The van der Waals surface area contributed by atoms with Crippen LogP contribution in [-0.2, 0) is 0 Å². The van der Waals surface area contributed by atoms with E-state index in [1.54, 1.807) is 4.68 Å². The van der Waals surface area contributed by atoms with Crippen LogP contribution in [0.25, 0.3) is 0 Å². The van der Waals surface area contributed by atoms with Crippen LogP contribution in [0.4, 0.5) is 5.82 Å². The summed E-state index contributed by atoms with van der Waals surface area (Å²) in [6.45, 7) is 0. The summed E-state index contributed by atoms with van der Waals surface area (Å²) in [5.41, 5.74) is 7.25. The van der Waals surface area contributed by atoms with E-state index in [0.29, 0.717) is 17.7 Å². The van der Waals surface area contributed by atoms with Gasteiger partial charge >= 0.3 is 0 Å². The SMILES string of the molecule is Nc1c(C2CCCCCCC2)nc(C2CC2)n1N. The van der Waals surface area contributed by atoms with Crippen molar-refractivity contribution in [2.24, 2.45) is 0 Å². The van der Waals surface area contributed by atoms with Gasteiger partial charge in [-0.25, -0.2) is 9.66 Å². The topological polar surface area (TPSA) is 69.9 Å². The highest BCUT2D eigenvalue weighted by molar-refractivity contribution is 5.42. The Morgan fingerprint density at radius 1 is 0.889 bits per heavy atom. The molecule has 0 amide bonds. The van der Waals surface area contributed by atoms with Gasteiger partial charge in [0.15, 0.2) is 0 Å². The number of nitrogens with zero attached hydrogens (tertiary/aromatic N) is 2. The number of anilines is 1. The third kappa shape index (κ3) is 2.20. The van der Waals surface area contributed by atoms with Crippen LogP contribution in [0, 0.1) is 0 Å². The first-order chi connectivity index (χ1) is 8.77. The van der Waals surface area contributed by atoms with Gasteiger partial charge in [-0.1, -0.05) is 32.1 Å². The second-order valence-electron chi connectivity index (χ2n) is 5.93. The van der Waals surface area contributed by atoms with Gasteiger partial charge in [0.25, 0.3) is 0 Å². The molecule has 2 aliphatic carbocycles. The van der Waals surface area contributed by atoms with E-state index < -0.39 is 0 Å². The Kier molecular flexibility index (Phi) is 3.18. The molecule has 2 aliphatic rings. The molecule has 1 aromatic rings. The standard InChI is InChI=1S/C14H24N4/c15-13-12(10-6-4-2-1-3-5-7-10)17-14(18(13)16)11-8-9-11/h10-11H,1-9,15-16H2. The Balaban J connectivity index is 1.83. The Morgan fingerprint density at radius 2 is 1.50 bits per heavy atom. The molecule has 2 saturated carbocycles. The summed E-state index contributed by atoms with van der Waals surface area (Å²) in [5.74, 6) is 8.88. The van der Waals surface area contributed by atoms with Gasteiger partial charge in [0.05, 0.1) is 5.69 Å². The number of hydrogen-bond donors (Lipinski definition) is 2. The zero-order valence-corrected chi connectivity index (χ0v) is 11.1. The zero-order chi connectivity index (χ0) is 12.5. The highest BCUT2D eigenvalue weighted by Gasteiger charge is 2.31. The van der Waals surface area contributed by atoms with Gasteiger partial charge in [0, 0.05) is 11.8 Å². The lowest BCUT2D eigenvalue weighted by atomic mass is 9.89. The molecule has 0 atom stereocenters. The van der Waals surface area contributed by atoms with Crippen LogP contribution in [0.2, 0.25) is 0 Å². The van der Waals surface area contributed by atoms with E-state index >= 15 is 0 Å². The van der Waals surface area contributed by atoms with Crippen molar-refractivity contribution in [3.8, 4) is 0 Å². The van der Waals surface area contributed by atoms with Crippen LogP contribution in [0.15, 0.2) is 0 Å². The Hall–Kier alpha value is -1.19. The maximum atomic E-state index is 6.17. The predicted octanol–water partition coefficient (Wildman–Crippen LogP) is 2.88. The maximum absolute atomic E-state index is 6.17. The highest BCUT2D eigenvalue weighted by atomic mass is 15.4. The molecular weight excluding hydrogens is 224 g/mol. The number of nitrogens with two attached hydrogens (primary N) is 2. The summed E-state index contributed by atoms with van der Waals surface area (Å²) < 4.78 is 1.64. The normalized spacial score (nSPS) is 22.7. The molecule has 4 nitrogen and oxygen atoms in total. The molecule has 0 bridgehead atoms. The lowest BCUT2D eigenvalue weighted by Crippen LogP contribution is -2.15. The fourth-order valence-corrected chi connectivity index (χ4v) is 3.14. The van der Waals surface area contributed by atoms with Gasteiger partial charge in [-0.2, -0.15) is 0 Å². The Morgan fingerprint density at radius 3 is 2.11 bits per heavy atom. The first kappa shape index (κ1) is 11.9. The van der Waals surface area contributed by atoms with E-state index in [0.717, 1.165) is 11.5 Å². The van der Waals surface area contributed by atoms with Crippen LogP contribution in [-0.4, -0.2) is 9.66 Å². The summed E-state index contributed by atoms with van der Waals surface area (Å²) in [6, 6.07) is 0. The monoisotopic (exact) mass is 248 g/mol. The van der Waals surface area contributed by atoms with Crippen molar-refractivity contribution in [1.29, 1.82) is 0 Å². The minimum absolute atomic E-state index is 0.535. The van der Waals surface area contributed by atoms with Crippen LogP contribution in [0.5, 0.6) is 0 Å². The number of rotatable bonds is 2. The summed E-state index contributed by atoms with van der Waals surface area (Å²) >= 11 is 0. The summed E-state index contributed by atoms with van der Waals surface area (Å²) in [5, 5.41) is 0. The predicted molar refractivity (Wildman–Crippen MR) is 73.8 cm³/mol. The van der Waals surface area contributed by atoms with Crippen LogP contribution < -0.4 is 11.6 Å². The fraction of sp³-hybridized carbons (Fsp3) is 0.786. The smallest absolute Gasteiger partial charge is 0.146 e. The molecule has 0 spiro atoms. The molecule has 1 aromatic heterocycles. The van der Waals surface area contributed by atoms with Crippen LogP contribution in [0.1, 0.15) is 81.1 Å². The zero-order valence-electron chi connectivity index (χ0n) is 11.1. The van der Waals surface area contributed by atoms with Crippen molar-refractivity contribution in [3.63, 3.8) is 0 Å². The van der Waals surface area contributed by atoms with Crippen molar-refractivity contribution in [3.05, 3.63) is 11.5 Å². The van der Waals surface area contributed by atoms with Gasteiger partial charge in [-0.05, 0) is 25.7 Å². The third-order valence-corrected chi connectivity index (χ3v) is 4.44. The Bertz CT molecular complexity index is 412. The van der Waals surface area contributed by atoms with Gasteiger partial charge < -0.3 is 11.6 Å². The van der Waals surface area contributed by atoms with Gasteiger partial charge in [0.2, 0.25) is 0 Å². The van der Waals surface area contributed by atoms with E-state index in [-0.39, 0.29) is 0 Å². The molecule has 2 fully saturated rings. The lowest BCUT2D eigenvalue weighted by Gasteiger charge is -2.18. The molecule has 0 unspecified atom stereocenters. The van der Waals surface area contributed by atoms with Crippen molar-refractivity contribution < 1.29 is 0 Å². The van der Waals surface area contributed by atoms with Gasteiger partial charge in [-0.15, -0.1) is 0 Å². The van der Waals surface area contributed by atoms with Crippen molar-refractivity contribution in [2.75, 3.05) is 11.6 Å². The first-order valence-corrected chi connectivity index (χ1v) is 7.40. The molecule has 0 saturated heterocycles. The van der Waals surface area contributed by atoms with Gasteiger partial charge in [0.1, 0.15) is 11.6 Å². The quantitative estimate of drug-likeness (QED) is 0.791. The maximum Gasteiger partial charge on any atom is 0.146 e. The van der Waals surface area contributed by atoms with Crippen molar-refractivity contribution in [1.82, 2.24) is 9.66 Å². The molecule has 4 N–H and O–H groups in total. The van der Waals surface area contributed by atoms with E-state index in [4.69, 9.17) is 16.6 Å². The molecule has 18 heavy (non-hydrogen) atoms. The fourth-order valence-electron chi connectivity index (χ4n) is 3.14. The molecule has 0 radical (unpaired) electrons. The molecule has 4 heteroatoms. The number of imidazole rings is 1. The number of aromatic nitrogens is 2. The second kappa shape index (κ2) is 4.82. The molecule has 0 aromatic carbocycles. The average molecular weight is 248 g/mol. The van der Waals surface area contributed by atoms with E-state index in [1.807, 2.05) is 0 Å². The lowest BCUT2D eigenvalue weighted by molar-refractivity contribution is 0.451. The largest absolute Gasteiger partial charge is 0.382 e. The minimum Gasteiger partial charge on any atom is -0.382 e. The van der Waals surface area contributed by atoms with E-state index in [1.165, 1.54) is 57.8 Å². The van der Waals surface area contributed by atoms with Crippen LogP contribution >= 0.6 is 0 Å². The van der Waals surface area contributed by atoms with Crippen LogP contribution in [0.3, 0.4) is 0 Å². The molecular formula is C14H24N4. The highest BCUT2D eigenvalue weighted by Crippen LogP contribution is 2.42. The van der Waals surface area contributed by atoms with E-state index in [9.17, 15) is 0 Å².